The minimum atomic E-state index is -0.399. The molecule has 27 heavy (non-hydrogen) atoms. The van der Waals surface area contributed by atoms with E-state index >= 15 is 0 Å². The molecular formula is C20H19N5O2. The molecule has 0 bridgehead atoms. The number of carbonyl (C=O) groups is 1. The minimum absolute atomic E-state index is 0.184. The van der Waals surface area contributed by atoms with Crippen molar-refractivity contribution in [1.29, 1.82) is 0 Å². The van der Waals surface area contributed by atoms with Crippen molar-refractivity contribution in [3.8, 4) is 11.4 Å². The van der Waals surface area contributed by atoms with Crippen LogP contribution in [0.3, 0.4) is 0 Å². The lowest BCUT2D eigenvalue weighted by Gasteiger charge is -2.09. The monoisotopic (exact) mass is 361 g/mol. The van der Waals surface area contributed by atoms with Gasteiger partial charge in [-0.2, -0.15) is 4.98 Å². The zero-order valence-electron chi connectivity index (χ0n) is 15.1. The Hall–Kier alpha value is -3.48. The summed E-state index contributed by atoms with van der Waals surface area (Å²) in [7, 11) is 0. The lowest BCUT2D eigenvalue weighted by atomic mass is 10.2. The molecule has 2 heterocycles. The van der Waals surface area contributed by atoms with E-state index in [4.69, 9.17) is 4.52 Å². The van der Waals surface area contributed by atoms with Crippen molar-refractivity contribution >= 4 is 16.9 Å². The van der Waals surface area contributed by atoms with E-state index in [1.54, 1.807) is 12.1 Å². The molecule has 0 saturated heterocycles. The molecule has 2 aromatic carbocycles. The number of fused-ring (bicyclic) bond motifs is 1. The van der Waals surface area contributed by atoms with Crippen LogP contribution in [0.1, 0.15) is 36.1 Å². The highest BCUT2D eigenvalue weighted by Gasteiger charge is 2.18. The fourth-order valence-electron chi connectivity index (χ4n) is 2.91. The number of aromatic nitrogens is 4. The van der Waals surface area contributed by atoms with E-state index in [1.165, 1.54) is 0 Å². The standard InChI is InChI=1S/C20H19N5O2/c1-3-25-12-21-16-10-9-15(11-17(16)25)18-23-20(27-24-18)13(2)22-19(26)14-7-5-4-6-8-14/h4-13H,3H2,1-2H3,(H,22,26)/t13-/m0/s1. The van der Waals surface area contributed by atoms with Crippen LogP contribution in [0.2, 0.25) is 0 Å². The molecular weight excluding hydrogens is 342 g/mol. The maximum atomic E-state index is 12.3. The van der Waals surface area contributed by atoms with Gasteiger partial charge in [0.15, 0.2) is 0 Å². The van der Waals surface area contributed by atoms with Gasteiger partial charge in [-0.05, 0) is 44.2 Å². The summed E-state index contributed by atoms with van der Waals surface area (Å²) in [6.07, 6.45) is 1.82. The average molecular weight is 361 g/mol. The highest BCUT2D eigenvalue weighted by atomic mass is 16.5. The number of benzene rings is 2. The van der Waals surface area contributed by atoms with Gasteiger partial charge in [0.05, 0.1) is 17.4 Å². The zero-order valence-corrected chi connectivity index (χ0v) is 15.1. The van der Waals surface area contributed by atoms with Gasteiger partial charge in [0.25, 0.3) is 5.91 Å². The van der Waals surface area contributed by atoms with Gasteiger partial charge in [-0.1, -0.05) is 23.4 Å². The van der Waals surface area contributed by atoms with Gasteiger partial charge in [0.1, 0.15) is 6.04 Å². The van der Waals surface area contributed by atoms with Crippen LogP contribution >= 0.6 is 0 Å². The van der Waals surface area contributed by atoms with E-state index in [0.717, 1.165) is 23.1 Å². The van der Waals surface area contributed by atoms with Crippen molar-refractivity contribution < 1.29 is 9.32 Å². The fourth-order valence-corrected chi connectivity index (χ4v) is 2.91. The molecule has 7 nitrogen and oxygen atoms in total. The normalized spacial score (nSPS) is 12.2. The summed E-state index contributed by atoms with van der Waals surface area (Å²) < 4.78 is 7.43. The Kier molecular flexibility index (Phi) is 4.42. The van der Waals surface area contributed by atoms with Gasteiger partial charge in [0.2, 0.25) is 11.7 Å². The molecule has 0 aliphatic rings. The molecule has 1 atom stereocenters. The molecule has 0 aliphatic heterocycles. The van der Waals surface area contributed by atoms with Gasteiger partial charge in [-0.25, -0.2) is 4.98 Å². The number of imidazole rings is 1. The van der Waals surface area contributed by atoms with Crippen molar-refractivity contribution in [1.82, 2.24) is 25.0 Å². The van der Waals surface area contributed by atoms with Crippen molar-refractivity contribution in [2.24, 2.45) is 0 Å². The Morgan fingerprint density at radius 3 is 2.81 bits per heavy atom. The van der Waals surface area contributed by atoms with Crippen LogP contribution in [0.4, 0.5) is 0 Å². The summed E-state index contributed by atoms with van der Waals surface area (Å²) in [4.78, 5) is 21.1. The number of carbonyl (C=O) groups excluding carboxylic acids is 1. The predicted octanol–water partition coefficient (Wildman–Crippen LogP) is 3.60. The molecule has 136 valence electrons. The van der Waals surface area contributed by atoms with Crippen molar-refractivity contribution in [3.63, 3.8) is 0 Å². The van der Waals surface area contributed by atoms with E-state index < -0.39 is 6.04 Å². The molecule has 0 radical (unpaired) electrons. The van der Waals surface area contributed by atoms with E-state index in [0.29, 0.717) is 17.3 Å². The quantitative estimate of drug-likeness (QED) is 0.587. The molecule has 4 rings (SSSR count). The molecule has 0 aliphatic carbocycles. The number of rotatable bonds is 5. The third-order valence-electron chi connectivity index (χ3n) is 4.42. The average Bonchev–Trinajstić information content (AvgIpc) is 3.35. The third-order valence-corrected chi connectivity index (χ3v) is 4.42. The largest absolute Gasteiger partial charge is 0.341 e. The molecule has 0 saturated carbocycles. The Labute approximate surface area is 156 Å². The van der Waals surface area contributed by atoms with Crippen LogP contribution in [0.25, 0.3) is 22.4 Å². The Morgan fingerprint density at radius 1 is 1.22 bits per heavy atom. The first-order chi connectivity index (χ1) is 13.2. The maximum Gasteiger partial charge on any atom is 0.251 e. The number of aryl methyl sites for hydroxylation is 1. The number of nitrogens with zero attached hydrogens (tertiary/aromatic N) is 4. The van der Waals surface area contributed by atoms with E-state index in [9.17, 15) is 4.79 Å². The van der Waals surface area contributed by atoms with Crippen LogP contribution in [0.15, 0.2) is 59.4 Å². The van der Waals surface area contributed by atoms with Crippen molar-refractivity contribution in [2.75, 3.05) is 0 Å². The highest BCUT2D eigenvalue weighted by Crippen LogP contribution is 2.23. The first kappa shape index (κ1) is 17.0. The predicted molar refractivity (Wildman–Crippen MR) is 101 cm³/mol. The lowest BCUT2D eigenvalue weighted by Crippen LogP contribution is -2.26. The first-order valence-corrected chi connectivity index (χ1v) is 8.80. The number of nitrogens with one attached hydrogen (secondary N) is 1. The summed E-state index contributed by atoms with van der Waals surface area (Å²) in [5.74, 6) is 0.658. The molecule has 1 N–H and O–H groups in total. The van der Waals surface area contributed by atoms with Crippen LogP contribution in [0, 0.1) is 0 Å². The Bertz CT molecular complexity index is 1080. The van der Waals surface area contributed by atoms with Crippen LogP contribution in [-0.2, 0) is 6.54 Å². The summed E-state index contributed by atoms with van der Waals surface area (Å²) in [6.45, 7) is 4.71. The van der Waals surface area contributed by atoms with E-state index in [2.05, 4.69) is 31.9 Å². The molecule has 1 amide bonds. The highest BCUT2D eigenvalue weighted by molar-refractivity contribution is 5.94. The van der Waals surface area contributed by atoms with Gasteiger partial charge >= 0.3 is 0 Å². The lowest BCUT2D eigenvalue weighted by molar-refractivity contribution is 0.0932. The molecule has 2 aromatic heterocycles. The summed E-state index contributed by atoms with van der Waals surface area (Å²) in [5.41, 5.74) is 3.37. The summed E-state index contributed by atoms with van der Waals surface area (Å²) in [5, 5.41) is 6.94. The molecule has 4 aromatic rings. The fraction of sp³-hybridized carbons (Fsp3) is 0.200. The maximum absolute atomic E-state index is 12.3. The SMILES string of the molecule is CCn1cnc2ccc(-c3noc([C@H](C)NC(=O)c4ccccc4)n3)cc21. The van der Waals surface area contributed by atoms with Crippen molar-refractivity contribution in [3.05, 3.63) is 66.3 Å². The molecule has 7 heteroatoms. The van der Waals surface area contributed by atoms with Gasteiger partial charge < -0.3 is 14.4 Å². The van der Waals surface area contributed by atoms with Crippen LogP contribution < -0.4 is 5.32 Å². The first-order valence-electron chi connectivity index (χ1n) is 8.80. The van der Waals surface area contributed by atoms with Crippen molar-refractivity contribution in [2.45, 2.75) is 26.4 Å². The molecule has 0 unspecified atom stereocenters. The summed E-state index contributed by atoms with van der Waals surface area (Å²) >= 11 is 0. The second kappa shape index (κ2) is 7.03. The van der Waals surface area contributed by atoms with Crippen LogP contribution in [0.5, 0.6) is 0 Å². The second-order valence-electron chi connectivity index (χ2n) is 6.25. The van der Waals surface area contributed by atoms with Gasteiger partial charge in [-0.3, -0.25) is 4.79 Å². The van der Waals surface area contributed by atoms with Crippen LogP contribution in [-0.4, -0.2) is 25.6 Å². The zero-order chi connectivity index (χ0) is 18.8. The Morgan fingerprint density at radius 2 is 2.04 bits per heavy atom. The number of amides is 1. The van der Waals surface area contributed by atoms with E-state index in [-0.39, 0.29) is 5.91 Å². The minimum Gasteiger partial charge on any atom is -0.341 e. The molecule has 0 fully saturated rings. The Balaban J connectivity index is 1.55. The number of hydrogen-bond donors (Lipinski definition) is 1. The third kappa shape index (κ3) is 3.31. The molecule has 0 spiro atoms. The smallest absolute Gasteiger partial charge is 0.251 e. The van der Waals surface area contributed by atoms with Gasteiger partial charge in [0, 0.05) is 17.7 Å². The summed E-state index contributed by atoms with van der Waals surface area (Å²) in [6, 6.07) is 14.5. The van der Waals surface area contributed by atoms with E-state index in [1.807, 2.05) is 49.6 Å². The van der Waals surface area contributed by atoms with Gasteiger partial charge in [-0.15, -0.1) is 0 Å². The topological polar surface area (TPSA) is 85.8 Å². The number of hydrogen-bond acceptors (Lipinski definition) is 5. The second-order valence-corrected chi connectivity index (χ2v) is 6.25.